The monoisotopic (exact) mass is 273 g/mol. The van der Waals surface area contributed by atoms with Gasteiger partial charge in [-0.2, -0.15) is 0 Å². The molecule has 0 radical (unpaired) electrons. The quantitative estimate of drug-likeness (QED) is 0.521. The lowest BCUT2D eigenvalue weighted by Gasteiger charge is -2.08. The lowest BCUT2D eigenvalue weighted by molar-refractivity contribution is -0.115. The number of rotatable bonds is 4. The van der Waals surface area contributed by atoms with Crippen LogP contribution in [0.4, 0.5) is 5.69 Å². The zero-order valence-corrected chi connectivity index (χ0v) is 10.3. The highest BCUT2D eigenvalue weighted by Crippen LogP contribution is 2.25. The van der Waals surface area contributed by atoms with Crippen LogP contribution in [0.3, 0.4) is 0 Å². The molecule has 0 unspecified atom stereocenters. The van der Waals surface area contributed by atoms with Crippen molar-refractivity contribution in [1.82, 2.24) is 0 Å². The summed E-state index contributed by atoms with van der Waals surface area (Å²) in [5, 5.41) is 0.384. The zero-order valence-electron chi connectivity index (χ0n) is 7.92. The van der Waals surface area contributed by atoms with Gasteiger partial charge < -0.3 is 5.73 Å². The molecule has 0 aliphatic carbocycles. The van der Waals surface area contributed by atoms with Crippen LogP contribution in [-0.2, 0) is 11.2 Å². The van der Waals surface area contributed by atoms with Crippen molar-refractivity contribution in [3.63, 3.8) is 0 Å². The molecule has 1 rings (SSSR count). The number of carbonyl (C=O) groups excluding carboxylic acids is 1. The number of Topliss-reactive ketones (excluding diaryl/α,β-unsaturated/α-hetero) is 1. The minimum atomic E-state index is 0.151. The van der Waals surface area contributed by atoms with Crippen LogP contribution in [-0.4, -0.2) is 17.4 Å². The number of thioether (sulfide) groups is 1. The Bertz CT molecular complexity index is 341. The Labute approximate surface area is 96.4 Å². The predicted molar refractivity (Wildman–Crippen MR) is 65.1 cm³/mol. The zero-order chi connectivity index (χ0) is 10.6. The molecule has 4 heteroatoms. The molecular weight excluding hydrogens is 262 g/mol. The fourth-order valence-electron chi connectivity index (χ4n) is 1.21. The second kappa shape index (κ2) is 5.41. The van der Waals surface area contributed by atoms with Crippen molar-refractivity contribution in [2.75, 3.05) is 17.3 Å². The maximum atomic E-state index is 11.3. The number of carbonyl (C=O) groups is 1. The van der Waals surface area contributed by atoms with Crippen LogP contribution in [0.1, 0.15) is 5.56 Å². The Hall–Kier alpha value is -0.480. The van der Waals surface area contributed by atoms with E-state index >= 15 is 0 Å². The molecule has 0 amide bonds. The Morgan fingerprint density at radius 3 is 2.86 bits per heavy atom. The van der Waals surface area contributed by atoms with E-state index in [1.54, 1.807) is 11.8 Å². The number of alkyl halides is 1. The summed E-state index contributed by atoms with van der Waals surface area (Å²) in [7, 11) is 0. The highest BCUT2D eigenvalue weighted by atomic mass is 79.9. The summed E-state index contributed by atoms with van der Waals surface area (Å²) in [4.78, 5) is 12.4. The van der Waals surface area contributed by atoms with Gasteiger partial charge in [0.1, 0.15) is 5.78 Å². The lowest BCUT2D eigenvalue weighted by atomic mass is 10.1. The molecule has 0 aliphatic rings. The topological polar surface area (TPSA) is 43.1 Å². The van der Waals surface area contributed by atoms with Crippen molar-refractivity contribution in [3.05, 3.63) is 23.8 Å². The fourth-order valence-corrected chi connectivity index (χ4v) is 2.06. The fraction of sp³-hybridized carbons (Fsp3) is 0.300. The van der Waals surface area contributed by atoms with E-state index in [0.29, 0.717) is 17.4 Å². The first-order chi connectivity index (χ1) is 6.69. The van der Waals surface area contributed by atoms with E-state index in [9.17, 15) is 4.79 Å². The molecule has 0 spiro atoms. The third kappa shape index (κ3) is 2.75. The smallest absolute Gasteiger partial charge is 0.147 e. The molecule has 1 aromatic rings. The van der Waals surface area contributed by atoms with Crippen LogP contribution in [0, 0.1) is 0 Å². The Kier molecular flexibility index (Phi) is 4.48. The van der Waals surface area contributed by atoms with Crippen molar-refractivity contribution in [2.45, 2.75) is 11.3 Å². The first-order valence-electron chi connectivity index (χ1n) is 4.18. The maximum absolute atomic E-state index is 11.3. The van der Waals surface area contributed by atoms with Gasteiger partial charge in [-0.25, -0.2) is 0 Å². The number of nitrogen functional groups attached to an aromatic ring is 1. The van der Waals surface area contributed by atoms with Crippen molar-refractivity contribution in [3.8, 4) is 0 Å². The molecule has 0 fully saturated rings. The highest BCUT2D eigenvalue weighted by Gasteiger charge is 2.09. The normalized spacial score (nSPS) is 10.1. The molecule has 76 valence electrons. The minimum Gasteiger partial charge on any atom is -0.398 e. The van der Waals surface area contributed by atoms with Crippen LogP contribution in [0.15, 0.2) is 23.1 Å². The lowest BCUT2D eigenvalue weighted by Crippen LogP contribution is -2.07. The van der Waals surface area contributed by atoms with Gasteiger partial charge in [-0.1, -0.05) is 22.0 Å². The number of ketones is 1. The average Bonchev–Trinajstić information content (AvgIpc) is 2.20. The van der Waals surface area contributed by atoms with Crippen LogP contribution in [0.25, 0.3) is 0 Å². The Morgan fingerprint density at radius 1 is 1.57 bits per heavy atom. The molecule has 2 N–H and O–H groups in total. The van der Waals surface area contributed by atoms with E-state index in [-0.39, 0.29) is 5.78 Å². The SMILES string of the molecule is CSc1cccc(N)c1CC(=O)CBr. The molecule has 0 saturated carbocycles. The van der Waals surface area contributed by atoms with Gasteiger partial charge in [-0.05, 0) is 24.0 Å². The number of halogens is 1. The van der Waals surface area contributed by atoms with Gasteiger partial charge in [0.15, 0.2) is 0 Å². The van der Waals surface area contributed by atoms with Gasteiger partial charge in [-0.3, -0.25) is 4.79 Å². The largest absolute Gasteiger partial charge is 0.398 e. The molecule has 0 aromatic heterocycles. The van der Waals surface area contributed by atoms with Gasteiger partial charge in [0.2, 0.25) is 0 Å². The molecule has 1 aromatic carbocycles. The summed E-state index contributed by atoms with van der Waals surface area (Å²) in [6.07, 6.45) is 2.39. The summed E-state index contributed by atoms with van der Waals surface area (Å²) in [5.74, 6) is 0.151. The molecule has 0 aliphatic heterocycles. The maximum Gasteiger partial charge on any atom is 0.147 e. The van der Waals surface area contributed by atoms with Gasteiger partial charge in [0.05, 0.1) is 5.33 Å². The summed E-state index contributed by atoms with van der Waals surface area (Å²) < 4.78 is 0. The van der Waals surface area contributed by atoms with Crippen LogP contribution in [0.5, 0.6) is 0 Å². The van der Waals surface area contributed by atoms with E-state index < -0.39 is 0 Å². The first-order valence-corrected chi connectivity index (χ1v) is 6.52. The number of hydrogen-bond donors (Lipinski definition) is 1. The molecule has 2 nitrogen and oxygen atoms in total. The molecule has 0 heterocycles. The number of nitrogens with two attached hydrogens (primary N) is 1. The minimum absolute atomic E-state index is 0.151. The molecule has 0 bridgehead atoms. The third-order valence-electron chi connectivity index (χ3n) is 1.91. The Morgan fingerprint density at radius 2 is 2.29 bits per heavy atom. The van der Waals surface area contributed by atoms with Crippen molar-refractivity contribution < 1.29 is 4.79 Å². The second-order valence-corrected chi connectivity index (χ2v) is 4.29. The van der Waals surface area contributed by atoms with Crippen molar-refractivity contribution in [1.29, 1.82) is 0 Å². The van der Waals surface area contributed by atoms with E-state index in [1.807, 2.05) is 24.5 Å². The van der Waals surface area contributed by atoms with Gasteiger partial charge in [0.25, 0.3) is 0 Å². The van der Waals surface area contributed by atoms with Crippen LogP contribution in [0.2, 0.25) is 0 Å². The second-order valence-electron chi connectivity index (χ2n) is 2.88. The van der Waals surface area contributed by atoms with E-state index in [1.165, 1.54) is 0 Å². The van der Waals surface area contributed by atoms with Crippen LogP contribution < -0.4 is 5.73 Å². The van der Waals surface area contributed by atoms with Crippen molar-refractivity contribution in [2.24, 2.45) is 0 Å². The Balaban J connectivity index is 2.98. The van der Waals surface area contributed by atoms with Gasteiger partial charge >= 0.3 is 0 Å². The van der Waals surface area contributed by atoms with E-state index in [2.05, 4.69) is 15.9 Å². The number of benzene rings is 1. The summed E-state index contributed by atoms with van der Waals surface area (Å²) in [6, 6.07) is 5.72. The van der Waals surface area contributed by atoms with Gasteiger partial charge in [0, 0.05) is 17.0 Å². The summed E-state index contributed by atoms with van der Waals surface area (Å²) in [5.41, 5.74) is 7.47. The molecule has 0 atom stereocenters. The highest BCUT2D eigenvalue weighted by molar-refractivity contribution is 9.09. The number of hydrogen-bond acceptors (Lipinski definition) is 3. The van der Waals surface area contributed by atoms with E-state index in [0.717, 1.165) is 10.5 Å². The predicted octanol–water partition coefficient (Wildman–Crippen LogP) is 2.50. The molecule has 14 heavy (non-hydrogen) atoms. The van der Waals surface area contributed by atoms with Gasteiger partial charge in [-0.15, -0.1) is 11.8 Å². The summed E-state index contributed by atoms with van der Waals surface area (Å²) >= 11 is 4.76. The van der Waals surface area contributed by atoms with E-state index in [4.69, 9.17) is 5.73 Å². The molecule has 0 saturated heterocycles. The number of anilines is 1. The summed E-state index contributed by atoms with van der Waals surface area (Å²) in [6.45, 7) is 0. The van der Waals surface area contributed by atoms with Crippen molar-refractivity contribution >= 4 is 39.2 Å². The molecular formula is C10H12BrNOS. The first kappa shape index (κ1) is 11.6. The average molecular weight is 274 g/mol. The standard InChI is InChI=1S/C10H12BrNOS/c1-14-10-4-2-3-9(12)8(10)5-7(13)6-11/h2-4H,5-6,12H2,1H3. The van der Waals surface area contributed by atoms with Crippen LogP contribution >= 0.6 is 27.7 Å². The third-order valence-corrected chi connectivity index (χ3v) is 3.36.